The Morgan fingerprint density at radius 1 is 1.43 bits per heavy atom. The van der Waals surface area contributed by atoms with E-state index in [2.05, 4.69) is 34.8 Å². The van der Waals surface area contributed by atoms with Crippen LogP contribution in [0, 0.1) is 5.82 Å². The highest BCUT2D eigenvalue weighted by molar-refractivity contribution is 9.10. The van der Waals surface area contributed by atoms with Crippen LogP contribution in [0.1, 0.15) is 12.5 Å². The van der Waals surface area contributed by atoms with E-state index in [1.807, 2.05) is 12.1 Å². The first-order valence-electron chi connectivity index (χ1n) is 4.76. The predicted octanol–water partition coefficient (Wildman–Crippen LogP) is 3.08. The van der Waals surface area contributed by atoms with Gasteiger partial charge in [-0.1, -0.05) is 13.0 Å². The number of benzene rings is 1. The molecule has 0 N–H and O–H groups in total. The summed E-state index contributed by atoms with van der Waals surface area (Å²) in [7, 11) is 2.08. The van der Waals surface area contributed by atoms with Gasteiger partial charge in [-0.2, -0.15) is 0 Å². The van der Waals surface area contributed by atoms with Crippen molar-refractivity contribution in [1.82, 2.24) is 4.90 Å². The molecule has 0 aliphatic rings. The molecule has 0 bridgehead atoms. The van der Waals surface area contributed by atoms with E-state index >= 15 is 0 Å². The standard InChI is InChI=1S/C11H15BrFN/c1-3-14(2)7-6-9-4-5-11(13)10(12)8-9/h4-5,8H,3,6-7H2,1-2H3. The summed E-state index contributed by atoms with van der Waals surface area (Å²) in [5, 5.41) is 0. The molecule has 0 unspecified atom stereocenters. The summed E-state index contributed by atoms with van der Waals surface area (Å²) in [4.78, 5) is 2.23. The molecule has 0 saturated carbocycles. The molecule has 1 nitrogen and oxygen atoms in total. The lowest BCUT2D eigenvalue weighted by molar-refractivity contribution is 0.357. The van der Waals surface area contributed by atoms with E-state index in [1.165, 1.54) is 11.6 Å². The second-order valence-corrected chi connectivity index (χ2v) is 4.25. The van der Waals surface area contributed by atoms with Crippen molar-refractivity contribution in [3.8, 4) is 0 Å². The number of halogens is 2. The molecular formula is C11H15BrFN. The van der Waals surface area contributed by atoms with Gasteiger partial charge in [-0.15, -0.1) is 0 Å². The van der Waals surface area contributed by atoms with Crippen molar-refractivity contribution >= 4 is 15.9 Å². The van der Waals surface area contributed by atoms with Crippen molar-refractivity contribution in [3.63, 3.8) is 0 Å². The fourth-order valence-electron chi connectivity index (χ4n) is 1.17. The Hall–Kier alpha value is -0.410. The second kappa shape index (κ2) is 5.47. The van der Waals surface area contributed by atoms with Crippen LogP contribution in [0.4, 0.5) is 4.39 Å². The maximum atomic E-state index is 12.9. The van der Waals surface area contributed by atoms with Gasteiger partial charge in [0.1, 0.15) is 5.82 Å². The third-order valence-corrected chi connectivity index (χ3v) is 2.91. The average Bonchev–Trinajstić information content (AvgIpc) is 2.19. The first-order chi connectivity index (χ1) is 6.63. The molecule has 78 valence electrons. The predicted molar refractivity (Wildman–Crippen MR) is 61.0 cm³/mol. The van der Waals surface area contributed by atoms with Crippen molar-refractivity contribution in [2.45, 2.75) is 13.3 Å². The molecule has 0 fully saturated rings. The van der Waals surface area contributed by atoms with Crippen LogP contribution < -0.4 is 0 Å². The molecule has 0 spiro atoms. The van der Waals surface area contributed by atoms with Gasteiger partial charge in [-0.25, -0.2) is 4.39 Å². The van der Waals surface area contributed by atoms with E-state index in [9.17, 15) is 4.39 Å². The number of nitrogens with zero attached hydrogens (tertiary/aromatic N) is 1. The van der Waals surface area contributed by atoms with Crippen molar-refractivity contribution in [2.75, 3.05) is 20.1 Å². The lowest BCUT2D eigenvalue weighted by atomic mass is 10.1. The zero-order valence-corrected chi connectivity index (χ0v) is 10.1. The fourth-order valence-corrected chi connectivity index (χ4v) is 1.60. The zero-order valence-electron chi connectivity index (χ0n) is 8.56. The van der Waals surface area contributed by atoms with Gasteiger partial charge in [-0.05, 0) is 53.6 Å². The highest BCUT2D eigenvalue weighted by Gasteiger charge is 2.01. The molecule has 0 saturated heterocycles. The van der Waals surface area contributed by atoms with E-state index in [4.69, 9.17) is 0 Å². The first-order valence-corrected chi connectivity index (χ1v) is 5.55. The summed E-state index contributed by atoms with van der Waals surface area (Å²) >= 11 is 3.18. The number of hydrogen-bond acceptors (Lipinski definition) is 1. The molecule has 0 aromatic heterocycles. The van der Waals surface area contributed by atoms with E-state index in [1.54, 1.807) is 0 Å². The third-order valence-electron chi connectivity index (χ3n) is 2.31. The molecule has 3 heteroatoms. The molecule has 0 heterocycles. The normalized spacial score (nSPS) is 10.9. The lowest BCUT2D eigenvalue weighted by Gasteiger charge is -2.13. The molecular weight excluding hydrogens is 245 g/mol. The number of hydrogen-bond donors (Lipinski definition) is 0. The largest absolute Gasteiger partial charge is 0.306 e. The molecule has 0 atom stereocenters. The fraction of sp³-hybridized carbons (Fsp3) is 0.455. The van der Waals surface area contributed by atoms with Crippen LogP contribution in [0.5, 0.6) is 0 Å². The minimum atomic E-state index is -0.197. The average molecular weight is 260 g/mol. The minimum absolute atomic E-state index is 0.197. The van der Waals surface area contributed by atoms with E-state index in [0.29, 0.717) is 4.47 Å². The van der Waals surface area contributed by atoms with Gasteiger partial charge in [0.2, 0.25) is 0 Å². The summed E-state index contributed by atoms with van der Waals surface area (Å²) in [5.41, 5.74) is 1.17. The molecule has 0 aliphatic heterocycles. The lowest BCUT2D eigenvalue weighted by Crippen LogP contribution is -2.20. The van der Waals surface area contributed by atoms with Gasteiger partial charge in [0.15, 0.2) is 0 Å². The SMILES string of the molecule is CCN(C)CCc1ccc(F)c(Br)c1. The Balaban J connectivity index is 2.55. The van der Waals surface area contributed by atoms with Gasteiger partial charge in [0.05, 0.1) is 4.47 Å². The summed E-state index contributed by atoms with van der Waals surface area (Å²) in [6.07, 6.45) is 0.962. The van der Waals surface area contributed by atoms with Gasteiger partial charge in [-0.3, -0.25) is 0 Å². The number of rotatable bonds is 4. The first kappa shape index (κ1) is 11.7. The minimum Gasteiger partial charge on any atom is -0.306 e. The topological polar surface area (TPSA) is 3.24 Å². The summed E-state index contributed by atoms with van der Waals surface area (Å²) in [6, 6.07) is 5.19. The summed E-state index contributed by atoms with van der Waals surface area (Å²) in [6.45, 7) is 4.18. The molecule has 0 radical (unpaired) electrons. The van der Waals surface area contributed by atoms with Crippen LogP contribution in [-0.2, 0) is 6.42 Å². The van der Waals surface area contributed by atoms with Crippen LogP contribution in [0.25, 0.3) is 0 Å². The van der Waals surface area contributed by atoms with Gasteiger partial charge in [0.25, 0.3) is 0 Å². The van der Waals surface area contributed by atoms with E-state index in [0.717, 1.165) is 19.5 Å². The Morgan fingerprint density at radius 3 is 2.71 bits per heavy atom. The Morgan fingerprint density at radius 2 is 2.14 bits per heavy atom. The van der Waals surface area contributed by atoms with Gasteiger partial charge < -0.3 is 4.90 Å². The molecule has 1 rings (SSSR count). The Bertz CT molecular complexity index is 301. The number of likely N-dealkylation sites (N-methyl/N-ethyl adjacent to an activating group) is 1. The summed E-state index contributed by atoms with van der Waals surface area (Å²) < 4.78 is 13.5. The maximum Gasteiger partial charge on any atom is 0.137 e. The molecule has 0 amide bonds. The van der Waals surface area contributed by atoms with Crippen LogP contribution in [0.2, 0.25) is 0 Å². The second-order valence-electron chi connectivity index (χ2n) is 3.39. The van der Waals surface area contributed by atoms with Crippen molar-refractivity contribution < 1.29 is 4.39 Å². The monoisotopic (exact) mass is 259 g/mol. The van der Waals surface area contributed by atoms with Gasteiger partial charge >= 0.3 is 0 Å². The van der Waals surface area contributed by atoms with Gasteiger partial charge in [0, 0.05) is 6.54 Å². The van der Waals surface area contributed by atoms with Crippen LogP contribution in [-0.4, -0.2) is 25.0 Å². The molecule has 1 aromatic carbocycles. The van der Waals surface area contributed by atoms with E-state index < -0.39 is 0 Å². The third kappa shape index (κ3) is 3.39. The highest BCUT2D eigenvalue weighted by atomic mass is 79.9. The van der Waals surface area contributed by atoms with Crippen LogP contribution in [0.3, 0.4) is 0 Å². The summed E-state index contributed by atoms with van der Waals surface area (Å²) in [5.74, 6) is -0.197. The maximum absolute atomic E-state index is 12.9. The van der Waals surface area contributed by atoms with Crippen molar-refractivity contribution in [3.05, 3.63) is 34.1 Å². The smallest absolute Gasteiger partial charge is 0.137 e. The Labute approximate surface area is 93.0 Å². The van der Waals surface area contributed by atoms with E-state index in [-0.39, 0.29) is 5.82 Å². The van der Waals surface area contributed by atoms with Crippen molar-refractivity contribution in [1.29, 1.82) is 0 Å². The molecule has 1 aromatic rings. The van der Waals surface area contributed by atoms with Crippen molar-refractivity contribution in [2.24, 2.45) is 0 Å². The van der Waals surface area contributed by atoms with Crippen LogP contribution >= 0.6 is 15.9 Å². The quantitative estimate of drug-likeness (QED) is 0.804. The molecule has 0 aliphatic carbocycles. The Kier molecular flexibility index (Phi) is 4.55. The van der Waals surface area contributed by atoms with Crippen LogP contribution in [0.15, 0.2) is 22.7 Å². The highest BCUT2D eigenvalue weighted by Crippen LogP contribution is 2.17. The molecule has 14 heavy (non-hydrogen) atoms. The zero-order chi connectivity index (χ0) is 10.6.